The van der Waals surface area contributed by atoms with Crippen molar-refractivity contribution in [2.24, 2.45) is 0 Å². The zero-order valence-electron chi connectivity index (χ0n) is 10.4. The van der Waals surface area contributed by atoms with Crippen LogP contribution in [0, 0.1) is 19.7 Å². The van der Waals surface area contributed by atoms with Gasteiger partial charge in [0.1, 0.15) is 5.82 Å². The lowest BCUT2D eigenvalue weighted by atomic mass is 10.1. The number of anilines is 1. The molecule has 0 amide bonds. The molecule has 0 aromatic heterocycles. The highest BCUT2D eigenvalue weighted by atomic mass is 79.9. The van der Waals surface area contributed by atoms with E-state index < -0.39 is 0 Å². The maximum atomic E-state index is 13.6. The van der Waals surface area contributed by atoms with Crippen LogP contribution in [-0.4, -0.2) is 0 Å². The molecule has 18 heavy (non-hydrogen) atoms. The summed E-state index contributed by atoms with van der Waals surface area (Å²) in [6.07, 6.45) is 0. The van der Waals surface area contributed by atoms with Gasteiger partial charge in [0.25, 0.3) is 0 Å². The van der Waals surface area contributed by atoms with E-state index in [2.05, 4.69) is 21.2 Å². The van der Waals surface area contributed by atoms with Gasteiger partial charge in [-0.25, -0.2) is 4.39 Å². The summed E-state index contributed by atoms with van der Waals surface area (Å²) >= 11 is 3.36. The second-order valence-electron chi connectivity index (χ2n) is 4.36. The monoisotopic (exact) mass is 307 g/mol. The Balaban J connectivity index is 2.19. The van der Waals surface area contributed by atoms with Crippen LogP contribution in [-0.2, 0) is 6.54 Å². The second-order valence-corrected chi connectivity index (χ2v) is 5.27. The molecule has 0 aliphatic rings. The van der Waals surface area contributed by atoms with Gasteiger partial charge in [0.15, 0.2) is 0 Å². The van der Waals surface area contributed by atoms with Gasteiger partial charge < -0.3 is 5.32 Å². The third-order valence-corrected chi connectivity index (χ3v) is 3.44. The summed E-state index contributed by atoms with van der Waals surface area (Å²) in [4.78, 5) is 0. The third-order valence-electron chi connectivity index (χ3n) is 2.94. The predicted molar refractivity (Wildman–Crippen MR) is 77.3 cm³/mol. The van der Waals surface area contributed by atoms with Gasteiger partial charge in [-0.05, 0) is 43.2 Å². The van der Waals surface area contributed by atoms with E-state index >= 15 is 0 Å². The number of nitrogens with one attached hydrogen (secondary N) is 1. The van der Waals surface area contributed by atoms with Crippen LogP contribution < -0.4 is 5.32 Å². The van der Waals surface area contributed by atoms with Crippen molar-refractivity contribution in [2.45, 2.75) is 20.4 Å². The van der Waals surface area contributed by atoms with E-state index in [9.17, 15) is 4.39 Å². The van der Waals surface area contributed by atoms with Crippen molar-refractivity contribution in [1.29, 1.82) is 0 Å². The first-order valence-corrected chi connectivity index (χ1v) is 6.61. The van der Waals surface area contributed by atoms with Crippen molar-refractivity contribution in [3.63, 3.8) is 0 Å². The Kier molecular flexibility index (Phi) is 4.02. The van der Waals surface area contributed by atoms with Crippen molar-refractivity contribution >= 4 is 21.6 Å². The van der Waals surface area contributed by atoms with Crippen LogP contribution in [0.25, 0.3) is 0 Å². The molecule has 2 aromatic carbocycles. The fourth-order valence-electron chi connectivity index (χ4n) is 1.96. The molecular weight excluding hydrogens is 293 g/mol. The Hall–Kier alpha value is -1.35. The van der Waals surface area contributed by atoms with Crippen molar-refractivity contribution in [3.8, 4) is 0 Å². The van der Waals surface area contributed by atoms with Crippen LogP contribution in [0.5, 0.6) is 0 Å². The van der Waals surface area contributed by atoms with E-state index in [1.165, 1.54) is 17.2 Å². The zero-order chi connectivity index (χ0) is 13.1. The van der Waals surface area contributed by atoms with Crippen LogP contribution in [0.2, 0.25) is 0 Å². The highest BCUT2D eigenvalue weighted by molar-refractivity contribution is 9.10. The van der Waals surface area contributed by atoms with Gasteiger partial charge in [0, 0.05) is 22.3 Å². The fraction of sp³-hybridized carbons (Fsp3) is 0.200. The van der Waals surface area contributed by atoms with Crippen molar-refractivity contribution < 1.29 is 4.39 Å². The Morgan fingerprint density at radius 2 is 1.78 bits per heavy atom. The molecule has 0 heterocycles. The number of hydrogen-bond acceptors (Lipinski definition) is 1. The number of benzene rings is 2. The van der Waals surface area contributed by atoms with Crippen molar-refractivity contribution in [1.82, 2.24) is 0 Å². The van der Waals surface area contributed by atoms with E-state index in [0.717, 1.165) is 10.2 Å². The molecule has 0 spiro atoms. The van der Waals surface area contributed by atoms with Crippen LogP contribution in [0.4, 0.5) is 10.1 Å². The van der Waals surface area contributed by atoms with E-state index in [1.807, 2.05) is 32.0 Å². The van der Waals surface area contributed by atoms with Crippen LogP contribution in [0.15, 0.2) is 40.9 Å². The molecule has 0 saturated heterocycles. The molecule has 1 nitrogen and oxygen atoms in total. The molecule has 0 aliphatic carbocycles. The molecule has 0 bridgehead atoms. The lowest BCUT2D eigenvalue weighted by Crippen LogP contribution is -2.04. The minimum Gasteiger partial charge on any atom is -0.380 e. The Labute approximate surface area is 115 Å². The first-order chi connectivity index (χ1) is 8.58. The predicted octanol–water partition coefficient (Wildman–Crippen LogP) is 4.82. The fourth-order valence-corrected chi connectivity index (χ4v) is 2.36. The molecule has 0 saturated carbocycles. The molecule has 94 valence electrons. The molecule has 2 aromatic rings. The second kappa shape index (κ2) is 5.53. The highest BCUT2D eigenvalue weighted by Gasteiger charge is 2.05. The minimum absolute atomic E-state index is 0.183. The summed E-state index contributed by atoms with van der Waals surface area (Å²) in [5.74, 6) is -0.183. The lowest BCUT2D eigenvalue weighted by Gasteiger charge is -2.13. The summed E-state index contributed by atoms with van der Waals surface area (Å²) in [6, 6.07) is 11.1. The van der Waals surface area contributed by atoms with E-state index in [4.69, 9.17) is 0 Å². The maximum absolute atomic E-state index is 13.6. The number of aryl methyl sites for hydroxylation is 2. The average molecular weight is 308 g/mol. The van der Waals surface area contributed by atoms with Crippen molar-refractivity contribution in [3.05, 3.63) is 63.4 Å². The van der Waals surface area contributed by atoms with E-state index in [1.54, 1.807) is 12.1 Å². The van der Waals surface area contributed by atoms with Crippen LogP contribution >= 0.6 is 15.9 Å². The molecule has 3 heteroatoms. The van der Waals surface area contributed by atoms with E-state index in [0.29, 0.717) is 12.1 Å². The molecule has 0 unspecified atom stereocenters. The number of para-hydroxylation sites is 1. The Morgan fingerprint density at radius 1 is 1.11 bits per heavy atom. The topological polar surface area (TPSA) is 12.0 Å². The SMILES string of the molecule is Cc1cccc(C)c1NCc1cc(Br)ccc1F. The summed E-state index contributed by atoms with van der Waals surface area (Å²) in [5.41, 5.74) is 4.08. The number of rotatable bonds is 3. The van der Waals surface area contributed by atoms with Crippen LogP contribution in [0.1, 0.15) is 16.7 Å². The molecule has 0 fully saturated rings. The molecule has 1 N–H and O–H groups in total. The van der Waals surface area contributed by atoms with Gasteiger partial charge in [-0.3, -0.25) is 0 Å². The van der Waals surface area contributed by atoms with Gasteiger partial charge in [-0.2, -0.15) is 0 Å². The first-order valence-electron chi connectivity index (χ1n) is 5.82. The molecule has 0 aliphatic heterocycles. The highest BCUT2D eigenvalue weighted by Crippen LogP contribution is 2.22. The first kappa shape index (κ1) is 13.1. The van der Waals surface area contributed by atoms with Crippen LogP contribution in [0.3, 0.4) is 0 Å². The van der Waals surface area contributed by atoms with E-state index in [-0.39, 0.29) is 5.82 Å². The summed E-state index contributed by atoms with van der Waals surface area (Å²) in [6.45, 7) is 4.58. The quantitative estimate of drug-likeness (QED) is 0.857. The largest absolute Gasteiger partial charge is 0.380 e. The lowest BCUT2D eigenvalue weighted by molar-refractivity contribution is 0.612. The average Bonchev–Trinajstić information content (AvgIpc) is 2.33. The standard InChI is InChI=1S/C15H15BrFN/c1-10-4-3-5-11(2)15(10)18-9-12-8-13(16)6-7-14(12)17/h3-8,18H,9H2,1-2H3. The maximum Gasteiger partial charge on any atom is 0.128 e. The summed E-state index contributed by atoms with van der Waals surface area (Å²) in [5, 5.41) is 3.30. The number of halogens is 2. The molecular formula is C15H15BrFN. The third kappa shape index (κ3) is 2.91. The Morgan fingerprint density at radius 3 is 2.44 bits per heavy atom. The summed E-state index contributed by atoms with van der Waals surface area (Å²) < 4.78 is 14.5. The smallest absolute Gasteiger partial charge is 0.128 e. The summed E-state index contributed by atoms with van der Waals surface area (Å²) in [7, 11) is 0. The van der Waals surface area contributed by atoms with Gasteiger partial charge in [0.05, 0.1) is 0 Å². The minimum atomic E-state index is -0.183. The van der Waals surface area contributed by atoms with Gasteiger partial charge in [-0.15, -0.1) is 0 Å². The van der Waals surface area contributed by atoms with Gasteiger partial charge in [-0.1, -0.05) is 34.1 Å². The normalized spacial score (nSPS) is 10.4. The molecule has 0 atom stereocenters. The molecule has 2 rings (SSSR count). The molecule has 0 radical (unpaired) electrons. The van der Waals surface area contributed by atoms with Gasteiger partial charge >= 0.3 is 0 Å². The Bertz CT molecular complexity index is 546. The zero-order valence-corrected chi connectivity index (χ0v) is 12.0. The van der Waals surface area contributed by atoms with Gasteiger partial charge in [0.2, 0.25) is 0 Å². The number of hydrogen-bond donors (Lipinski definition) is 1. The van der Waals surface area contributed by atoms with Crippen molar-refractivity contribution in [2.75, 3.05) is 5.32 Å².